The molecular formula is C15H22F3N3O3S. The van der Waals surface area contributed by atoms with Crippen LogP contribution in [-0.4, -0.2) is 70.1 Å². The van der Waals surface area contributed by atoms with E-state index in [9.17, 15) is 26.4 Å². The largest absolute Gasteiger partial charge is 0.351 e. The summed E-state index contributed by atoms with van der Waals surface area (Å²) in [6.45, 7) is 0.862. The molecule has 0 radical (unpaired) electrons. The van der Waals surface area contributed by atoms with Crippen molar-refractivity contribution in [3.63, 3.8) is 0 Å². The van der Waals surface area contributed by atoms with Gasteiger partial charge in [0.1, 0.15) is 0 Å². The van der Waals surface area contributed by atoms with Gasteiger partial charge in [0, 0.05) is 19.6 Å². The monoisotopic (exact) mass is 381 g/mol. The lowest BCUT2D eigenvalue weighted by atomic mass is 10.2. The third kappa shape index (κ3) is 6.63. The van der Waals surface area contributed by atoms with E-state index in [0.717, 1.165) is 12.3 Å². The minimum absolute atomic E-state index is 0.0106. The quantitative estimate of drug-likeness (QED) is 0.649. The van der Waals surface area contributed by atoms with Crippen LogP contribution in [0.1, 0.15) is 16.8 Å². The predicted molar refractivity (Wildman–Crippen MR) is 88.2 cm³/mol. The molecule has 0 atom stereocenters. The lowest BCUT2D eigenvalue weighted by Gasteiger charge is -2.21. The van der Waals surface area contributed by atoms with Crippen molar-refractivity contribution in [1.29, 1.82) is 0 Å². The molecule has 1 aromatic rings. The van der Waals surface area contributed by atoms with Crippen molar-refractivity contribution in [2.75, 3.05) is 46.5 Å². The molecule has 0 spiro atoms. The number of carbonyl (C=O) groups is 1. The average Bonchev–Trinajstić information content (AvgIpc) is 2.49. The molecule has 0 aliphatic rings. The van der Waals surface area contributed by atoms with Crippen molar-refractivity contribution in [2.24, 2.45) is 0 Å². The second kappa shape index (κ2) is 9.16. The highest BCUT2D eigenvalue weighted by molar-refractivity contribution is 7.88. The minimum Gasteiger partial charge on any atom is -0.351 e. The van der Waals surface area contributed by atoms with Gasteiger partial charge < -0.3 is 10.2 Å². The summed E-state index contributed by atoms with van der Waals surface area (Å²) in [5.74, 6) is -5.64. The molecule has 0 saturated carbocycles. The van der Waals surface area contributed by atoms with Crippen molar-refractivity contribution < 1.29 is 26.4 Å². The Hall–Kier alpha value is -1.65. The van der Waals surface area contributed by atoms with Gasteiger partial charge in [-0.3, -0.25) is 4.79 Å². The molecule has 0 bridgehead atoms. The van der Waals surface area contributed by atoms with Crippen LogP contribution in [0.25, 0.3) is 0 Å². The SMILES string of the molecule is CN(C)CCCN(CCNC(=O)c1ccc(F)c(F)c1F)S(C)(=O)=O. The van der Waals surface area contributed by atoms with Crippen LogP contribution >= 0.6 is 0 Å². The number of hydrogen-bond acceptors (Lipinski definition) is 4. The van der Waals surface area contributed by atoms with Crippen LogP contribution in [0.2, 0.25) is 0 Å². The maximum atomic E-state index is 13.5. The Morgan fingerprint density at radius 3 is 2.28 bits per heavy atom. The maximum absolute atomic E-state index is 13.5. The molecule has 0 unspecified atom stereocenters. The highest BCUT2D eigenvalue weighted by atomic mass is 32.2. The van der Waals surface area contributed by atoms with Crippen LogP contribution in [0, 0.1) is 17.5 Å². The summed E-state index contributed by atoms with van der Waals surface area (Å²) in [7, 11) is 0.259. The van der Waals surface area contributed by atoms with Gasteiger partial charge in [-0.1, -0.05) is 0 Å². The van der Waals surface area contributed by atoms with Crippen molar-refractivity contribution in [3.05, 3.63) is 35.1 Å². The zero-order valence-corrected chi connectivity index (χ0v) is 15.2. The van der Waals surface area contributed by atoms with Crippen molar-refractivity contribution >= 4 is 15.9 Å². The lowest BCUT2D eigenvalue weighted by Crippen LogP contribution is -2.39. The van der Waals surface area contributed by atoms with E-state index in [4.69, 9.17) is 0 Å². The summed E-state index contributed by atoms with van der Waals surface area (Å²) < 4.78 is 64.2. The molecule has 1 rings (SSSR count). The fourth-order valence-electron chi connectivity index (χ4n) is 2.10. The van der Waals surface area contributed by atoms with Crippen molar-refractivity contribution in [1.82, 2.24) is 14.5 Å². The van der Waals surface area contributed by atoms with E-state index in [1.165, 1.54) is 4.31 Å². The van der Waals surface area contributed by atoms with E-state index < -0.39 is 38.9 Å². The smallest absolute Gasteiger partial charge is 0.254 e. The first kappa shape index (κ1) is 21.4. The normalized spacial score (nSPS) is 12.0. The molecule has 25 heavy (non-hydrogen) atoms. The van der Waals surface area contributed by atoms with Gasteiger partial charge >= 0.3 is 0 Å². The van der Waals surface area contributed by atoms with E-state index in [1.807, 2.05) is 19.0 Å². The number of nitrogens with one attached hydrogen (secondary N) is 1. The van der Waals surface area contributed by atoms with E-state index in [1.54, 1.807) is 0 Å². The first-order chi connectivity index (χ1) is 11.5. The van der Waals surface area contributed by atoms with Crippen molar-refractivity contribution in [3.8, 4) is 0 Å². The van der Waals surface area contributed by atoms with Crippen LogP contribution in [0.5, 0.6) is 0 Å². The van der Waals surface area contributed by atoms with Gasteiger partial charge in [-0.25, -0.2) is 25.9 Å². The molecular weight excluding hydrogens is 359 g/mol. The van der Waals surface area contributed by atoms with Crippen LogP contribution in [-0.2, 0) is 10.0 Å². The van der Waals surface area contributed by atoms with Gasteiger partial charge in [-0.05, 0) is 39.2 Å². The van der Waals surface area contributed by atoms with Crippen LogP contribution in [0.3, 0.4) is 0 Å². The van der Waals surface area contributed by atoms with E-state index in [-0.39, 0.29) is 19.6 Å². The number of carbonyl (C=O) groups excluding carboxylic acids is 1. The first-order valence-corrected chi connectivity index (χ1v) is 9.40. The van der Waals surface area contributed by atoms with Gasteiger partial charge in [0.15, 0.2) is 17.5 Å². The third-order valence-electron chi connectivity index (χ3n) is 3.41. The Morgan fingerprint density at radius 2 is 1.72 bits per heavy atom. The summed E-state index contributed by atoms with van der Waals surface area (Å²) in [6, 6.07) is 1.48. The predicted octanol–water partition coefficient (Wildman–Crippen LogP) is 1.05. The Balaban J connectivity index is 2.63. The molecule has 0 saturated heterocycles. The summed E-state index contributed by atoms with van der Waals surface area (Å²) in [4.78, 5) is 13.8. The zero-order valence-electron chi connectivity index (χ0n) is 14.4. The fraction of sp³-hybridized carbons (Fsp3) is 0.533. The molecule has 10 heteroatoms. The molecule has 1 amide bonds. The molecule has 1 N–H and O–H groups in total. The summed E-state index contributed by atoms with van der Waals surface area (Å²) in [6.07, 6.45) is 1.66. The average molecular weight is 381 g/mol. The topological polar surface area (TPSA) is 69.7 Å². The third-order valence-corrected chi connectivity index (χ3v) is 4.71. The van der Waals surface area contributed by atoms with Crippen LogP contribution < -0.4 is 5.32 Å². The molecule has 0 aromatic heterocycles. The van der Waals surface area contributed by atoms with Gasteiger partial charge in [0.05, 0.1) is 11.8 Å². The molecule has 0 aliphatic carbocycles. The molecule has 0 heterocycles. The van der Waals surface area contributed by atoms with E-state index >= 15 is 0 Å². The van der Waals surface area contributed by atoms with Crippen LogP contribution in [0.15, 0.2) is 12.1 Å². The number of rotatable bonds is 9. The zero-order chi connectivity index (χ0) is 19.2. The Morgan fingerprint density at radius 1 is 1.08 bits per heavy atom. The number of amides is 1. The number of hydrogen-bond donors (Lipinski definition) is 1. The fourth-order valence-corrected chi connectivity index (χ4v) is 2.98. The summed E-state index contributed by atoms with van der Waals surface area (Å²) >= 11 is 0. The Kier molecular flexibility index (Phi) is 7.84. The number of halogens is 3. The second-order valence-corrected chi connectivity index (χ2v) is 7.78. The molecule has 6 nitrogen and oxygen atoms in total. The second-order valence-electron chi connectivity index (χ2n) is 5.80. The molecule has 142 valence electrons. The molecule has 0 aliphatic heterocycles. The Bertz CT molecular complexity index is 711. The first-order valence-electron chi connectivity index (χ1n) is 7.55. The lowest BCUT2D eigenvalue weighted by molar-refractivity contribution is 0.0946. The highest BCUT2D eigenvalue weighted by Gasteiger charge is 2.20. The summed E-state index contributed by atoms with van der Waals surface area (Å²) in [5, 5.41) is 2.30. The van der Waals surface area contributed by atoms with Gasteiger partial charge in [-0.15, -0.1) is 0 Å². The van der Waals surface area contributed by atoms with Gasteiger partial charge in [-0.2, -0.15) is 0 Å². The van der Waals surface area contributed by atoms with E-state index in [0.29, 0.717) is 19.0 Å². The maximum Gasteiger partial charge on any atom is 0.254 e. The van der Waals surface area contributed by atoms with Crippen LogP contribution in [0.4, 0.5) is 13.2 Å². The minimum atomic E-state index is -3.47. The van der Waals surface area contributed by atoms with Crippen molar-refractivity contribution in [2.45, 2.75) is 6.42 Å². The Labute approximate surface area is 145 Å². The number of benzene rings is 1. The number of sulfonamides is 1. The standard InChI is InChI=1S/C15H22F3N3O3S/c1-20(2)8-4-9-21(25(3,23)24)10-7-19-15(22)11-5-6-12(16)14(18)13(11)17/h5-6H,4,7-10H2,1-3H3,(H,19,22). The number of nitrogens with zero attached hydrogens (tertiary/aromatic N) is 2. The molecule has 0 fully saturated rings. The molecule has 1 aromatic carbocycles. The highest BCUT2D eigenvalue weighted by Crippen LogP contribution is 2.14. The van der Waals surface area contributed by atoms with Gasteiger partial charge in [0.2, 0.25) is 10.0 Å². The van der Waals surface area contributed by atoms with Gasteiger partial charge in [0.25, 0.3) is 5.91 Å². The summed E-state index contributed by atoms with van der Waals surface area (Å²) in [5.41, 5.74) is -0.641. The van der Waals surface area contributed by atoms with E-state index in [2.05, 4.69) is 5.32 Å².